The highest BCUT2D eigenvalue weighted by Gasteiger charge is 2.30. The Morgan fingerprint density at radius 3 is 2.20 bits per heavy atom. The van der Waals surface area contributed by atoms with Crippen LogP contribution in [0.3, 0.4) is 0 Å². The zero-order valence-electron chi connectivity index (χ0n) is 14.5. The average molecular weight is 346 g/mol. The van der Waals surface area contributed by atoms with E-state index in [0.717, 1.165) is 32.4 Å². The minimum atomic E-state index is -1.47. The van der Waals surface area contributed by atoms with E-state index in [4.69, 9.17) is 11.5 Å². The summed E-state index contributed by atoms with van der Waals surface area (Å²) in [6.07, 6.45) is 3.05. The highest BCUT2D eigenvalue weighted by molar-refractivity contribution is 6.06. The largest absolute Gasteiger partial charge is 0.367 e. The first-order chi connectivity index (χ1) is 11.9. The van der Waals surface area contributed by atoms with Crippen LogP contribution in [0.2, 0.25) is 0 Å². The highest BCUT2D eigenvalue weighted by atomic mass is 16.2. The minimum Gasteiger partial charge on any atom is -0.367 e. The Labute approximate surface area is 147 Å². The maximum Gasteiger partial charge on any atom is 0.249 e. The predicted octanol–water partition coefficient (Wildman–Crippen LogP) is -0.215. The van der Waals surface area contributed by atoms with Crippen molar-refractivity contribution in [2.45, 2.75) is 38.3 Å². The van der Waals surface area contributed by atoms with Gasteiger partial charge in [0, 0.05) is 0 Å². The fourth-order valence-electron chi connectivity index (χ4n) is 3.20. The molecule has 1 unspecified atom stereocenters. The van der Waals surface area contributed by atoms with Gasteiger partial charge in [0.05, 0.1) is 6.04 Å². The number of benzene rings is 1. The fraction of sp³-hybridized carbons (Fsp3) is 0.500. The van der Waals surface area contributed by atoms with Gasteiger partial charge in [-0.2, -0.15) is 0 Å². The van der Waals surface area contributed by atoms with Gasteiger partial charge in [-0.25, -0.2) is 0 Å². The van der Waals surface area contributed by atoms with Crippen molar-refractivity contribution in [2.24, 2.45) is 17.4 Å². The summed E-state index contributed by atoms with van der Waals surface area (Å²) in [5.74, 6) is -1.72. The van der Waals surface area contributed by atoms with E-state index in [-0.39, 0.29) is 0 Å². The SMILES string of the molecule is CC(C(=O)NC(C(N)=O)C(N)=O)N1CCC(Cc2ccccc2)CC1. The number of likely N-dealkylation sites (tertiary alicyclic amines) is 1. The number of amides is 3. The molecule has 0 aromatic heterocycles. The van der Waals surface area contributed by atoms with Gasteiger partial charge in [0.2, 0.25) is 17.7 Å². The third kappa shape index (κ3) is 5.29. The van der Waals surface area contributed by atoms with Gasteiger partial charge in [-0.1, -0.05) is 30.3 Å². The molecule has 1 fully saturated rings. The molecule has 2 rings (SSSR count). The lowest BCUT2D eigenvalue weighted by Crippen LogP contribution is -2.57. The van der Waals surface area contributed by atoms with Gasteiger partial charge >= 0.3 is 0 Å². The first-order valence-electron chi connectivity index (χ1n) is 8.55. The van der Waals surface area contributed by atoms with E-state index in [2.05, 4.69) is 22.3 Å². The van der Waals surface area contributed by atoms with Crippen molar-refractivity contribution in [3.63, 3.8) is 0 Å². The zero-order valence-corrected chi connectivity index (χ0v) is 14.5. The van der Waals surface area contributed by atoms with Crippen LogP contribution in [-0.2, 0) is 20.8 Å². The number of piperidine rings is 1. The second-order valence-electron chi connectivity index (χ2n) is 6.59. The molecule has 1 saturated heterocycles. The Morgan fingerprint density at radius 1 is 1.12 bits per heavy atom. The summed E-state index contributed by atoms with van der Waals surface area (Å²) in [4.78, 5) is 36.7. The molecule has 1 aliphatic heterocycles. The Balaban J connectivity index is 1.84. The van der Waals surface area contributed by atoms with Gasteiger partial charge in [-0.05, 0) is 50.8 Å². The van der Waals surface area contributed by atoms with Crippen molar-refractivity contribution >= 4 is 17.7 Å². The maximum atomic E-state index is 12.3. The van der Waals surface area contributed by atoms with Gasteiger partial charge in [-0.15, -0.1) is 0 Å². The molecule has 136 valence electrons. The number of nitrogens with zero attached hydrogens (tertiary/aromatic N) is 1. The van der Waals surface area contributed by atoms with Crippen molar-refractivity contribution in [3.8, 4) is 0 Å². The molecule has 3 amide bonds. The number of carbonyl (C=O) groups is 3. The number of nitrogens with two attached hydrogens (primary N) is 2. The van der Waals surface area contributed by atoms with E-state index in [9.17, 15) is 14.4 Å². The van der Waals surface area contributed by atoms with Crippen LogP contribution in [0.4, 0.5) is 0 Å². The molecule has 0 saturated carbocycles. The van der Waals surface area contributed by atoms with E-state index >= 15 is 0 Å². The zero-order chi connectivity index (χ0) is 18.4. The average Bonchev–Trinajstić information content (AvgIpc) is 2.59. The maximum absolute atomic E-state index is 12.3. The molecule has 1 atom stereocenters. The van der Waals surface area contributed by atoms with Crippen LogP contribution in [0.5, 0.6) is 0 Å². The number of carbonyl (C=O) groups excluding carboxylic acids is 3. The van der Waals surface area contributed by atoms with Gasteiger partial charge in [0.1, 0.15) is 0 Å². The molecule has 0 aliphatic carbocycles. The second kappa shape index (κ2) is 8.62. The summed E-state index contributed by atoms with van der Waals surface area (Å²) >= 11 is 0. The van der Waals surface area contributed by atoms with Crippen LogP contribution in [0.25, 0.3) is 0 Å². The third-order valence-corrected chi connectivity index (χ3v) is 4.80. The van der Waals surface area contributed by atoms with Crippen molar-refractivity contribution in [1.82, 2.24) is 10.2 Å². The van der Waals surface area contributed by atoms with Crippen molar-refractivity contribution in [1.29, 1.82) is 0 Å². The molecule has 1 aromatic carbocycles. The Bertz CT molecular complexity index is 598. The van der Waals surface area contributed by atoms with Gasteiger partial charge in [-0.3, -0.25) is 19.3 Å². The summed E-state index contributed by atoms with van der Waals surface area (Å²) in [5.41, 5.74) is 11.5. The Kier molecular flexibility index (Phi) is 6.52. The molecule has 0 radical (unpaired) electrons. The van der Waals surface area contributed by atoms with E-state index in [1.807, 2.05) is 18.2 Å². The van der Waals surface area contributed by atoms with E-state index in [0.29, 0.717) is 5.92 Å². The van der Waals surface area contributed by atoms with E-state index in [1.54, 1.807) is 6.92 Å². The number of hydrogen-bond donors (Lipinski definition) is 3. The summed E-state index contributed by atoms with van der Waals surface area (Å²) in [6.45, 7) is 3.35. The molecule has 1 aromatic rings. The molecular formula is C18H26N4O3. The van der Waals surface area contributed by atoms with Crippen molar-refractivity contribution in [2.75, 3.05) is 13.1 Å². The molecule has 25 heavy (non-hydrogen) atoms. The summed E-state index contributed by atoms with van der Waals surface area (Å²) in [6, 6.07) is 8.46. The number of hydrogen-bond acceptors (Lipinski definition) is 4. The monoisotopic (exact) mass is 346 g/mol. The smallest absolute Gasteiger partial charge is 0.249 e. The van der Waals surface area contributed by atoms with Crippen LogP contribution < -0.4 is 16.8 Å². The van der Waals surface area contributed by atoms with Crippen LogP contribution in [0, 0.1) is 5.92 Å². The molecule has 1 heterocycles. The topological polar surface area (TPSA) is 119 Å². The molecule has 7 nitrogen and oxygen atoms in total. The van der Waals surface area contributed by atoms with Crippen LogP contribution in [0.1, 0.15) is 25.3 Å². The third-order valence-electron chi connectivity index (χ3n) is 4.80. The number of rotatable bonds is 7. The van der Waals surface area contributed by atoms with Crippen molar-refractivity contribution < 1.29 is 14.4 Å². The lowest BCUT2D eigenvalue weighted by molar-refractivity contribution is -0.136. The van der Waals surface area contributed by atoms with Crippen molar-refractivity contribution in [3.05, 3.63) is 35.9 Å². The number of nitrogens with one attached hydrogen (secondary N) is 1. The quantitative estimate of drug-likeness (QED) is 0.592. The summed E-state index contributed by atoms with van der Waals surface area (Å²) in [7, 11) is 0. The highest BCUT2D eigenvalue weighted by Crippen LogP contribution is 2.22. The fourth-order valence-corrected chi connectivity index (χ4v) is 3.20. The van der Waals surface area contributed by atoms with E-state index < -0.39 is 29.8 Å². The predicted molar refractivity (Wildman–Crippen MR) is 94.2 cm³/mol. The minimum absolute atomic E-state index is 0.413. The molecule has 0 spiro atoms. The Hall–Kier alpha value is -2.41. The van der Waals surface area contributed by atoms with Crippen LogP contribution in [-0.4, -0.2) is 47.8 Å². The molecule has 5 N–H and O–H groups in total. The normalized spacial score (nSPS) is 17.2. The molecule has 0 bridgehead atoms. The molecule has 1 aliphatic rings. The lowest BCUT2D eigenvalue weighted by Gasteiger charge is -2.35. The van der Waals surface area contributed by atoms with Gasteiger partial charge in [0.15, 0.2) is 6.04 Å². The Morgan fingerprint density at radius 2 is 1.68 bits per heavy atom. The molecule has 7 heteroatoms. The molecular weight excluding hydrogens is 320 g/mol. The first-order valence-corrected chi connectivity index (χ1v) is 8.55. The van der Waals surface area contributed by atoms with E-state index in [1.165, 1.54) is 5.56 Å². The lowest BCUT2D eigenvalue weighted by atomic mass is 9.89. The first kappa shape index (κ1) is 18.9. The van der Waals surface area contributed by atoms with Gasteiger partial charge in [0.25, 0.3) is 0 Å². The summed E-state index contributed by atoms with van der Waals surface area (Å²) < 4.78 is 0. The van der Waals surface area contributed by atoms with Crippen LogP contribution in [0.15, 0.2) is 30.3 Å². The van der Waals surface area contributed by atoms with Crippen LogP contribution >= 0.6 is 0 Å². The summed E-state index contributed by atoms with van der Waals surface area (Å²) in [5, 5.41) is 2.33. The van der Waals surface area contributed by atoms with Gasteiger partial charge < -0.3 is 16.8 Å². The number of primary amides is 2. The second-order valence-corrected chi connectivity index (χ2v) is 6.59. The standard InChI is InChI=1S/C18H26N4O3/c1-12(18(25)21-15(16(19)23)17(20)24)22-9-7-14(8-10-22)11-13-5-3-2-4-6-13/h2-6,12,14-15H,7-11H2,1H3,(H2,19,23)(H2,20,24)(H,21,25).